The Morgan fingerprint density at radius 3 is 2.77 bits per heavy atom. The summed E-state index contributed by atoms with van der Waals surface area (Å²) in [6.45, 7) is 1.93. The molecule has 1 rings (SSSR count). The largest absolute Gasteiger partial charge is 0.478 e. The number of nitrogens with two attached hydrogens (primary N) is 1. The summed E-state index contributed by atoms with van der Waals surface area (Å²) in [5, 5.41) is 8.39. The molecule has 0 amide bonds. The fourth-order valence-electron chi connectivity index (χ4n) is 1.01. The van der Waals surface area contributed by atoms with Gasteiger partial charge in [0.15, 0.2) is 0 Å². The lowest BCUT2D eigenvalue weighted by atomic mass is 10.1. The Kier molecular flexibility index (Phi) is 2.69. The van der Waals surface area contributed by atoms with Crippen molar-refractivity contribution < 1.29 is 9.90 Å². The van der Waals surface area contributed by atoms with E-state index in [9.17, 15) is 4.79 Å². The van der Waals surface area contributed by atoms with Crippen molar-refractivity contribution >= 4 is 17.7 Å². The van der Waals surface area contributed by atoms with Gasteiger partial charge in [-0.25, -0.2) is 4.79 Å². The van der Waals surface area contributed by atoms with Crippen molar-refractivity contribution in [2.75, 3.05) is 5.73 Å². The van der Waals surface area contributed by atoms with Gasteiger partial charge in [-0.05, 0) is 30.2 Å². The lowest BCUT2D eigenvalue weighted by molar-refractivity contribution is -0.131. The Hall–Kier alpha value is -1.77. The van der Waals surface area contributed by atoms with Gasteiger partial charge in [-0.2, -0.15) is 0 Å². The zero-order chi connectivity index (χ0) is 9.84. The molecule has 0 fully saturated rings. The van der Waals surface area contributed by atoms with Crippen LogP contribution in [-0.4, -0.2) is 11.1 Å². The zero-order valence-electron chi connectivity index (χ0n) is 7.32. The first-order valence-electron chi connectivity index (χ1n) is 3.87. The van der Waals surface area contributed by atoms with Crippen LogP contribution in [-0.2, 0) is 4.79 Å². The monoisotopic (exact) mass is 177 g/mol. The summed E-state index contributed by atoms with van der Waals surface area (Å²) >= 11 is 0. The van der Waals surface area contributed by atoms with E-state index < -0.39 is 5.97 Å². The molecular weight excluding hydrogens is 166 g/mol. The van der Waals surface area contributed by atoms with Gasteiger partial charge in [0.1, 0.15) is 0 Å². The van der Waals surface area contributed by atoms with Gasteiger partial charge in [0.2, 0.25) is 0 Å². The lowest BCUT2D eigenvalue weighted by Gasteiger charge is -2.00. The zero-order valence-corrected chi connectivity index (χ0v) is 7.32. The van der Waals surface area contributed by atoms with Crippen LogP contribution >= 0.6 is 0 Å². The average molecular weight is 177 g/mol. The van der Waals surface area contributed by atoms with Crippen molar-refractivity contribution in [1.29, 1.82) is 0 Å². The summed E-state index contributed by atoms with van der Waals surface area (Å²) in [6, 6.07) is 5.49. The van der Waals surface area contributed by atoms with E-state index in [4.69, 9.17) is 10.8 Å². The molecule has 68 valence electrons. The maximum Gasteiger partial charge on any atom is 0.328 e. The third kappa shape index (κ3) is 2.63. The second-order valence-corrected chi connectivity index (χ2v) is 2.80. The number of rotatable bonds is 2. The molecule has 0 spiro atoms. The van der Waals surface area contributed by atoms with Crippen molar-refractivity contribution in [2.24, 2.45) is 0 Å². The summed E-state index contributed by atoms with van der Waals surface area (Å²) in [5.41, 5.74) is 8.05. The lowest BCUT2D eigenvalue weighted by Crippen LogP contribution is -1.91. The summed E-state index contributed by atoms with van der Waals surface area (Å²) < 4.78 is 0. The van der Waals surface area contributed by atoms with E-state index in [0.29, 0.717) is 5.69 Å². The van der Waals surface area contributed by atoms with Crippen LogP contribution in [0.3, 0.4) is 0 Å². The highest BCUT2D eigenvalue weighted by molar-refractivity contribution is 5.86. The molecule has 0 heterocycles. The average Bonchev–Trinajstić information content (AvgIpc) is 2.02. The van der Waals surface area contributed by atoms with E-state index >= 15 is 0 Å². The van der Waals surface area contributed by atoms with Crippen LogP contribution < -0.4 is 5.73 Å². The van der Waals surface area contributed by atoms with Crippen LogP contribution in [0.15, 0.2) is 24.3 Å². The number of nitrogen functional groups attached to an aromatic ring is 1. The van der Waals surface area contributed by atoms with Crippen LogP contribution in [0, 0.1) is 6.92 Å². The second kappa shape index (κ2) is 3.76. The smallest absolute Gasteiger partial charge is 0.328 e. The van der Waals surface area contributed by atoms with Gasteiger partial charge in [-0.1, -0.05) is 12.1 Å². The van der Waals surface area contributed by atoms with E-state index in [1.54, 1.807) is 6.07 Å². The highest BCUT2D eigenvalue weighted by atomic mass is 16.4. The number of aryl methyl sites for hydroxylation is 1. The molecule has 0 atom stereocenters. The SMILES string of the molecule is Cc1ccc(/C=C/C(=O)O)c(N)c1. The number of carbonyl (C=O) groups is 1. The third-order valence-electron chi connectivity index (χ3n) is 1.65. The van der Waals surface area contributed by atoms with Gasteiger partial charge in [0.05, 0.1) is 0 Å². The molecular formula is C10H11NO2. The number of hydrogen-bond acceptors (Lipinski definition) is 2. The van der Waals surface area contributed by atoms with Crippen molar-refractivity contribution in [3.8, 4) is 0 Å². The van der Waals surface area contributed by atoms with E-state index in [1.165, 1.54) is 6.08 Å². The van der Waals surface area contributed by atoms with E-state index in [0.717, 1.165) is 17.2 Å². The van der Waals surface area contributed by atoms with E-state index in [2.05, 4.69) is 0 Å². The third-order valence-corrected chi connectivity index (χ3v) is 1.65. The summed E-state index contributed by atoms with van der Waals surface area (Å²) in [4.78, 5) is 10.2. The molecule has 0 unspecified atom stereocenters. The fourth-order valence-corrected chi connectivity index (χ4v) is 1.01. The molecule has 1 aromatic carbocycles. The molecule has 1 aromatic rings. The molecule has 0 saturated carbocycles. The molecule has 0 saturated heterocycles. The normalized spacial score (nSPS) is 10.5. The number of carboxylic acids is 1. The van der Waals surface area contributed by atoms with Crippen LogP contribution in [0.25, 0.3) is 6.08 Å². The molecule has 13 heavy (non-hydrogen) atoms. The molecule has 0 bridgehead atoms. The molecule has 0 aliphatic rings. The van der Waals surface area contributed by atoms with E-state index in [1.807, 2.05) is 19.1 Å². The molecule has 3 nitrogen and oxygen atoms in total. The first-order valence-corrected chi connectivity index (χ1v) is 3.87. The predicted octanol–water partition coefficient (Wildman–Crippen LogP) is 1.68. The Morgan fingerprint density at radius 2 is 2.23 bits per heavy atom. The molecule has 0 aliphatic carbocycles. The standard InChI is InChI=1S/C10H11NO2/c1-7-2-3-8(9(11)6-7)4-5-10(12)13/h2-6H,11H2,1H3,(H,12,13)/b5-4+. The summed E-state index contributed by atoms with van der Waals surface area (Å²) in [6.07, 6.45) is 2.55. The summed E-state index contributed by atoms with van der Waals surface area (Å²) in [7, 11) is 0. The molecule has 3 heteroatoms. The molecule has 3 N–H and O–H groups in total. The Labute approximate surface area is 76.5 Å². The van der Waals surface area contributed by atoms with Crippen LogP contribution in [0.5, 0.6) is 0 Å². The maximum atomic E-state index is 10.2. The second-order valence-electron chi connectivity index (χ2n) is 2.80. The minimum atomic E-state index is -0.972. The molecule has 0 aromatic heterocycles. The van der Waals surface area contributed by atoms with Gasteiger partial charge < -0.3 is 10.8 Å². The van der Waals surface area contributed by atoms with Crippen molar-refractivity contribution in [1.82, 2.24) is 0 Å². The van der Waals surface area contributed by atoms with Crippen molar-refractivity contribution in [3.63, 3.8) is 0 Å². The van der Waals surface area contributed by atoms with E-state index in [-0.39, 0.29) is 0 Å². The fraction of sp³-hybridized carbons (Fsp3) is 0.100. The van der Waals surface area contributed by atoms with Crippen molar-refractivity contribution in [2.45, 2.75) is 6.92 Å². The van der Waals surface area contributed by atoms with Gasteiger partial charge in [-0.15, -0.1) is 0 Å². The van der Waals surface area contributed by atoms with Gasteiger partial charge in [0.25, 0.3) is 0 Å². The Bertz CT molecular complexity index is 356. The van der Waals surface area contributed by atoms with Gasteiger partial charge in [0, 0.05) is 11.8 Å². The van der Waals surface area contributed by atoms with Crippen LogP contribution in [0.2, 0.25) is 0 Å². The topological polar surface area (TPSA) is 63.3 Å². The number of carboxylic acid groups (broad SMARTS) is 1. The highest BCUT2D eigenvalue weighted by Gasteiger charge is 1.95. The summed E-state index contributed by atoms with van der Waals surface area (Å²) in [5.74, 6) is -0.972. The minimum Gasteiger partial charge on any atom is -0.478 e. The van der Waals surface area contributed by atoms with Gasteiger partial charge >= 0.3 is 5.97 Å². The minimum absolute atomic E-state index is 0.595. The number of hydrogen-bond donors (Lipinski definition) is 2. The van der Waals surface area contributed by atoms with Crippen molar-refractivity contribution in [3.05, 3.63) is 35.4 Å². The first kappa shape index (κ1) is 9.32. The van der Waals surface area contributed by atoms with Gasteiger partial charge in [-0.3, -0.25) is 0 Å². The number of aliphatic carboxylic acids is 1. The maximum absolute atomic E-state index is 10.2. The Morgan fingerprint density at radius 1 is 1.54 bits per heavy atom. The quantitative estimate of drug-likeness (QED) is 0.533. The highest BCUT2D eigenvalue weighted by Crippen LogP contribution is 2.14. The van der Waals surface area contributed by atoms with Crippen LogP contribution in [0.4, 0.5) is 5.69 Å². The number of anilines is 1. The number of benzene rings is 1. The first-order chi connectivity index (χ1) is 6.09. The molecule has 0 aliphatic heterocycles. The predicted molar refractivity (Wildman–Crippen MR) is 52.3 cm³/mol. The Balaban J connectivity index is 2.96. The molecule has 0 radical (unpaired) electrons. The van der Waals surface area contributed by atoms with Crippen LogP contribution in [0.1, 0.15) is 11.1 Å².